The minimum atomic E-state index is 0.667. The molecule has 17 aromatic rings. The highest BCUT2D eigenvalue weighted by Crippen LogP contribution is 2.39. The number of pyridine rings is 1. The molecule has 0 saturated carbocycles. The first-order valence-corrected chi connectivity index (χ1v) is 29.4. The molecule has 0 aliphatic rings. The van der Waals surface area contributed by atoms with E-state index in [1.807, 2.05) is 0 Å². The molecule has 0 spiro atoms. The fourth-order valence-electron chi connectivity index (χ4n) is 12.8. The summed E-state index contributed by atoms with van der Waals surface area (Å²) in [5.74, 6) is 0. The van der Waals surface area contributed by atoms with Gasteiger partial charge in [-0.25, -0.2) is 4.98 Å². The van der Waals surface area contributed by atoms with Gasteiger partial charge in [0.2, 0.25) is 0 Å². The Morgan fingerprint density at radius 3 is 0.881 bits per heavy atom. The molecule has 0 N–H and O–H groups in total. The van der Waals surface area contributed by atoms with Crippen LogP contribution in [0.3, 0.4) is 0 Å². The Bertz CT molecular complexity index is 4970. The van der Waals surface area contributed by atoms with Crippen LogP contribution in [0.1, 0.15) is 0 Å². The van der Waals surface area contributed by atoms with Crippen LogP contribution < -0.4 is 0 Å². The number of benzene rings is 13. The van der Waals surface area contributed by atoms with E-state index in [0.29, 0.717) is 6.06 Å². The van der Waals surface area contributed by atoms with Gasteiger partial charge in [0, 0.05) is 60.5 Å². The maximum atomic E-state index is 5.20. The van der Waals surface area contributed by atoms with Gasteiger partial charge in [-0.3, -0.25) is 0 Å². The predicted molar refractivity (Wildman–Crippen MR) is 363 cm³/mol. The minimum absolute atomic E-state index is 0.667. The van der Waals surface area contributed by atoms with Gasteiger partial charge in [0.25, 0.3) is 0 Å². The van der Waals surface area contributed by atoms with Crippen molar-refractivity contribution in [3.05, 3.63) is 303 Å². The molecule has 0 fully saturated rings. The van der Waals surface area contributed by atoms with E-state index in [-0.39, 0.29) is 0 Å². The second-order valence-corrected chi connectivity index (χ2v) is 21.7. The third-order valence-electron chi connectivity index (χ3n) is 16.5. The zero-order valence-electron chi connectivity index (χ0n) is 46.0. The molecule has 6 heteroatoms. The van der Waals surface area contributed by atoms with E-state index in [1.54, 1.807) is 0 Å². The topological polar surface area (TPSA) is 27.7 Å². The van der Waals surface area contributed by atoms with Gasteiger partial charge in [0.05, 0.1) is 52.3 Å². The fraction of sp³-hybridized carbons (Fsp3) is 0.0128. The summed E-state index contributed by atoms with van der Waals surface area (Å²) in [4.78, 5) is 5.20. The molecule has 84 heavy (non-hydrogen) atoms. The summed E-state index contributed by atoms with van der Waals surface area (Å²) in [6, 6.07) is 110. The van der Waals surface area contributed by atoms with Gasteiger partial charge in [0.1, 0.15) is 0 Å². The lowest BCUT2D eigenvalue weighted by Crippen LogP contribution is -1.95. The van der Waals surface area contributed by atoms with Crippen molar-refractivity contribution in [1.82, 2.24) is 18.7 Å². The van der Waals surface area contributed by atoms with Gasteiger partial charge >= 0.3 is 0 Å². The normalized spacial score (nSPS) is 11.5. The first kappa shape index (κ1) is 50.6. The van der Waals surface area contributed by atoms with Gasteiger partial charge in [-0.05, 0) is 134 Å². The summed E-state index contributed by atoms with van der Waals surface area (Å²) in [6.07, 6.45) is 0. The van der Waals surface area contributed by atoms with Gasteiger partial charge in [-0.15, -0.1) is 9.24 Å². The summed E-state index contributed by atoms with van der Waals surface area (Å²) in [5, 5.41) is 15.3. The number of nitrogens with zero attached hydrogens (tertiary/aromatic N) is 4. The van der Waals surface area contributed by atoms with Crippen molar-refractivity contribution in [2.24, 2.45) is 0 Å². The van der Waals surface area contributed by atoms with E-state index < -0.39 is 0 Å². The van der Waals surface area contributed by atoms with Gasteiger partial charge < -0.3 is 13.7 Å². The lowest BCUT2D eigenvalue weighted by molar-refractivity contribution is 1.18. The number of aromatic nitrogens is 4. The maximum absolute atomic E-state index is 5.20. The molecule has 0 amide bonds. The lowest BCUT2D eigenvalue weighted by Gasteiger charge is -2.13. The number of para-hydroxylation sites is 6. The van der Waals surface area contributed by atoms with Crippen molar-refractivity contribution in [3.8, 4) is 50.7 Å². The van der Waals surface area contributed by atoms with Crippen LogP contribution in [0.15, 0.2) is 303 Å². The molecule has 394 valence electrons. The fourth-order valence-corrected chi connectivity index (χ4v) is 12.8. The zero-order valence-corrected chi connectivity index (χ0v) is 47.2. The standard InChI is InChI=1S/C41H26N2.C36H24N2.CH4BP/c1-2-15-32-30(13-1)31-14-3-4-16-33(31)37-26-28(23-24-34(32)37)39-20-10-19-38(42-39)27-11-9-12-29(25-27)43-40-21-7-5-17-35(40)36-18-6-8-22-41(36)43;1-5-13-33-29(9-1)30-10-2-6-14-34(30)37(33)27-21-17-25(18-22-27)26-19-23-28(24-20-26)38-35-15-7-3-11-31(35)32-12-4-8-16-36(32)38;2-1-3/h1-26H;1-24H;1,3H2. The number of hydrogen-bond acceptors (Lipinski definition) is 1. The molecule has 0 aliphatic heterocycles. The third-order valence-corrected chi connectivity index (χ3v) is 16.5. The molecule has 17 rings (SSSR count). The second-order valence-electron chi connectivity index (χ2n) is 21.2. The highest BCUT2D eigenvalue weighted by atomic mass is 31.0. The second kappa shape index (κ2) is 21.5. The lowest BCUT2D eigenvalue weighted by atomic mass is 9.93. The van der Waals surface area contributed by atoms with Gasteiger partial charge in [-0.1, -0.05) is 218 Å². The number of hydrogen-bond donors (Lipinski definition) is 0. The predicted octanol–water partition coefficient (Wildman–Crippen LogP) is 20.5. The van der Waals surface area contributed by atoms with Crippen molar-refractivity contribution in [2.75, 3.05) is 6.06 Å². The molecular formula is C78H54BN4P. The van der Waals surface area contributed by atoms with E-state index in [9.17, 15) is 0 Å². The van der Waals surface area contributed by atoms with Crippen LogP contribution in [-0.2, 0) is 0 Å². The van der Waals surface area contributed by atoms with E-state index in [0.717, 1.165) is 28.2 Å². The van der Waals surface area contributed by atoms with E-state index in [4.69, 9.17) is 12.8 Å². The van der Waals surface area contributed by atoms with Crippen LogP contribution in [0.25, 0.3) is 148 Å². The molecule has 4 aromatic heterocycles. The van der Waals surface area contributed by atoms with Crippen molar-refractivity contribution >= 4 is 115 Å². The van der Waals surface area contributed by atoms with Crippen molar-refractivity contribution in [2.45, 2.75) is 0 Å². The number of fused-ring (bicyclic) bond motifs is 15. The van der Waals surface area contributed by atoms with Crippen LogP contribution in [0.5, 0.6) is 0 Å². The molecular weight excluding hydrogens is 1030 g/mol. The summed E-state index contributed by atoms with van der Waals surface area (Å²) in [7, 11) is 7.17. The molecule has 1 atom stereocenters. The summed E-state index contributed by atoms with van der Waals surface area (Å²) >= 11 is 0. The Hall–Kier alpha value is -10.3. The molecule has 1 unspecified atom stereocenters. The minimum Gasteiger partial charge on any atom is -0.309 e. The molecule has 0 aliphatic carbocycles. The quantitative estimate of drug-likeness (QED) is 0.0926. The van der Waals surface area contributed by atoms with Gasteiger partial charge in [0.15, 0.2) is 0 Å². The Balaban J connectivity index is 0.000000138. The Labute approximate surface area is 490 Å². The highest BCUT2D eigenvalue weighted by Gasteiger charge is 2.17. The van der Waals surface area contributed by atoms with Crippen LogP contribution in [0.4, 0.5) is 0 Å². The Morgan fingerprint density at radius 2 is 0.512 bits per heavy atom. The maximum Gasteiger partial charge on any atom is 0.0710 e. The largest absolute Gasteiger partial charge is 0.309 e. The average Bonchev–Trinajstić information content (AvgIpc) is 3.82. The highest BCUT2D eigenvalue weighted by molar-refractivity contribution is 7.19. The third kappa shape index (κ3) is 8.72. The molecule has 0 saturated heterocycles. The average molecular weight is 1090 g/mol. The SMILES string of the molecule is [B]CP.c1cc(-c2cccc(-c3ccc4c5ccccc5c5ccccc5c4c3)n2)cc(-n2c3ccccc3c3ccccc32)c1.c1ccc2c(c1)c1ccccc1n2-c1ccc(-c2ccc(-n3c4ccccc4c4ccccc43)cc2)cc1. The molecule has 4 heterocycles. The summed E-state index contributed by atoms with van der Waals surface area (Å²) in [5.41, 5.74) is 17.4. The summed E-state index contributed by atoms with van der Waals surface area (Å²) in [6.45, 7) is 0. The Kier molecular flexibility index (Phi) is 13.0. The smallest absolute Gasteiger partial charge is 0.0710 e. The van der Waals surface area contributed by atoms with Crippen LogP contribution in [-0.4, -0.2) is 32.6 Å². The van der Waals surface area contributed by atoms with Crippen LogP contribution in [0.2, 0.25) is 0 Å². The molecule has 13 aromatic carbocycles. The van der Waals surface area contributed by atoms with Gasteiger partial charge in [-0.2, -0.15) is 0 Å². The van der Waals surface area contributed by atoms with E-state index in [2.05, 4.69) is 326 Å². The van der Waals surface area contributed by atoms with Crippen molar-refractivity contribution in [3.63, 3.8) is 0 Å². The van der Waals surface area contributed by atoms with E-state index >= 15 is 0 Å². The van der Waals surface area contributed by atoms with Crippen LogP contribution in [0, 0.1) is 0 Å². The van der Waals surface area contributed by atoms with Crippen LogP contribution >= 0.6 is 9.24 Å². The molecule has 4 nitrogen and oxygen atoms in total. The first-order valence-electron chi connectivity index (χ1n) is 28.6. The van der Waals surface area contributed by atoms with E-state index in [1.165, 1.54) is 120 Å². The zero-order chi connectivity index (χ0) is 56.1. The Morgan fingerprint density at radius 1 is 0.238 bits per heavy atom. The number of rotatable bonds is 6. The summed E-state index contributed by atoms with van der Waals surface area (Å²) < 4.78 is 7.08. The monoisotopic (exact) mass is 1090 g/mol. The van der Waals surface area contributed by atoms with Crippen molar-refractivity contribution in [1.29, 1.82) is 0 Å². The van der Waals surface area contributed by atoms with Crippen molar-refractivity contribution < 1.29 is 0 Å². The molecule has 2 radical (unpaired) electrons. The first-order chi connectivity index (χ1) is 41.6. The molecule has 0 bridgehead atoms.